The van der Waals surface area contributed by atoms with Crippen LogP contribution in [0, 0.1) is 0 Å². The zero-order valence-electron chi connectivity index (χ0n) is 15.7. The van der Waals surface area contributed by atoms with Gasteiger partial charge in [-0.05, 0) is 32.9 Å². The van der Waals surface area contributed by atoms with E-state index in [1.807, 2.05) is 19.9 Å². The predicted molar refractivity (Wildman–Crippen MR) is 101 cm³/mol. The minimum atomic E-state index is 0.197. The molecule has 0 aliphatic heterocycles. The van der Waals surface area contributed by atoms with E-state index in [-0.39, 0.29) is 11.9 Å². The Morgan fingerprint density at radius 1 is 1.29 bits per heavy atom. The number of nitrogens with zero attached hydrogens (tertiary/aromatic N) is 1. The number of nitrogens with two attached hydrogens (primary N) is 1. The monoisotopic (exact) mass is 338 g/mol. The summed E-state index contributed by atoms with van der Waals surface area (Å²) in [4.78, 5) is 4.26. The summed E-state index contributed by atoms with van der Waals surface area (Å²) in [6.45, 7) is 14.9. The van der Waals surface area contributed by atoms with Gasteiger partial charge in [-0.1, -0.05) is 26.3 Å². The molecule has 6 nitrogen and oxygen atoms in total. The summed E-state index contributed by atoms with van der Waals surface area (Å²) in [5, 5.41) is 6.46. The second-order valence-electron chi connectivity index (χ2n) is 5.38. The Morgan fingerprint density at radius 2 is 2.00 bits per heavy atom. The van der Waals surface area contributed by atoms with Crippen LogP contribution in [-0.2, 0) is 9.47 Å². The Labute approximate surface area is 146 Å². The van der Waals surface area contributed by atoms with Crippen LogP contribution in [0.25, 0.3) is 0 Å². The normalized spacial score (nSPS) is 13.2. The molecule has 0 heterocycles. The molecule has 0 aromatic heterocycles. The largest absolute Gasteiger partial charge is 0.493 e. The highest BCUT2D eigenvalue weighted by molar-refractivity contribution is 5.97. The summed E-state index contributed by atoms with van der Waals surface area (Å²) >= 11 is 0. The highest BCUT2D eigenvalue weighted by Gasteiger charge is 2.15. The number of nitrogens with one attached hydrogen (secondary N) is 2. The summed E-state index contributed by atoms with van der Waals surface area (Å²) in [7, 11) is 1.61. The molecule has 0 spiro atoms. The first kappa shape index (κ1) is 21.9. The van der Waals surface area contributed by atoms with Crippen molar-refractivity contribution >= 4 is 5.84 Å². The van der Waals surface area contributed by atoms with E-state index >= 15 is 0 Å². The van der Waals surface area contributed by atoms with E-state index in [1.54, 1.807) is 7.11 Å². The van der Waals surface area contributed by atoms with Crippen LogP contribution in [-0.4, -0.2) is 32.1 Å². The molecule has 0 bridgehead atoms. The fraction of sp³-hybridized carbons (Fsp3) is 0.611. The van der Waals surface area contributed by atoms with Crippen LogP contribution in [0.5, 0.6) is 0 Å². The average Bonchev–Trinajstić information content (AvgIpc) is 2.53. The van der Waals surface area contributed by atoms with Crippen LogP contribution in [0.15, 0.2) is 41.7 Å². The van der Waals surface area contributed by atoms with Gasteiger partial charge < -0.3 is 25.8 Å². The van der Waals surface area contributed by atoms with Crippen LogP contribution in [0.4, 0.5) is 0 Å². The van der Waals surface area contributed by atoms with Gasteiger partial charge in [-0.2, -0.15) is 0 Å². The highest BCUT2D eigenvalue weighted by atomic mass is 16.5. The molecule has 1 atom stereocenters. The maximum Gasteiger partial charge on any atom is 0.179 e. The van der Waals surface area contributed by atoms with Gasteiger partial charge in [0.1, 0.15) is 5.82 Å². The van der Waals surface area contributed by atoms with Gasteiger partial charge in [0.15, 0.2) is 17.5 Å². The molecular weight excluding hydrogens is 304 g/mol. The van der Waals surface area contributed by atoms with Crippen molar-refractivity contribution in [2.75, 3.05) is 20.3 Å². The lowest BCUT2D eigenvalue weighted by molar-refractivity contribution is 0.179. The van der Waals surface area contributed by atoms with Crippen molar-refractivity contribution < 1.29 is 9.47 Å². The standard InChI is InChI=1S/C18H34N4O2/c1-7-10-11-16(12-13-24-15(5)20-9-3)22-18(21-14(4)19)17(8-2)23-6/h8,16,20H,4-5,7,9-13,19H2,1-3,6H3,(H,21,22)/b17-8+/t16-/m0/s1. The molecule has 0 aliphatic rings. The number of ether oxygens (including phenoxy) is 2. The fourth-order valence-electron chi connectivity index (χ4n) is 2.16. The topological polar surface area (TPSA) is 80.9 Å². The first-order chi connectivity index (χ1) is 11.5. The molecule has 4 N–H and O–H groups in total. The number of rotatable bonds is 13. The summed E-state index contributed by atoms with van der Waals surface area (Å²) in [5.74, 6) is 2.07. The number of unbranched alkanes of at least 4 members (excludes halogenated alkanes) is 1. The molecular formula is C18H34N4O2. The van der Waals surface area contributed by atoms with Crippen molar-refractivity contribution in [3.63, 3.8) is 0 Å². The number of allylic oxidation sites excluding steroid dienone is 1. The Kier molecular flexibility index (Phi) is 12.2. The summed E-state index contributed by atoms with van der Waals surface area (Å²) in [6.07, 6.45) is 5.90. The minimum Gasteiger partial charge on any atom is -0.493 e. The molecule has 6 heteroatoms. The van der Waals surface area contributed by atoms with Crippen molar-refractivity contribution in [2.24, 2.45) is 10.7 Å². The van der Waals surface area contributed by atoms with Gasteiger partial charge in [0, 0.05) is 19.0 Å². The second-order valence-corrected chi connectivity index (χ2v) is 5.38. The van der Waals surface area contributed by atoms with Crippen LogP contribution in [0.1, 0.15) is 46.5 Å². The highest BCUT2D eigenvalue weighted by Crippen LogP contribution is 2.09. The maximum atomic E-state index is 5.64. The first-order valence-corrected chi connectivity index (χ1v) is 8.54. The van der Waals surface area contributed by atoms with E-state index in [9.17, 15) is 0 Å². The Balaban J connectivity index is 4.87. The van der Waals surface area contributed by atoms with Gasteiger partial charge >= 0.3 is 0 Å². The third-order valence-corrected chi connectivity index (χ3v) is 3.33. The lowest BCUT2D eigenvalue weighted by Crippen LogP contribution is -2.37. The van der Waals surface area contributed by atoms with Crippen LogP contribution < -0.4 is 16.4 Å². The summed E-state index contributed by atoms with van der Waals surface area (Å²) in [6, 6.07) is 0.197. The fourth-order valence-corrected chi connectivity index (χ4v) is 2.16. The van der Waals surface area contributed by atoms with Crippen molar-refractivity contribution in [1.29, 1.82) is 0 Å². The Morgan fingerprint density at radius 3 is 2.50 bits per heavy atom. The third-order valence-electron chi connectivity index (χ3n) is 3.33. The molecule has 0 amide bonds. The Bertz CT molecular complexity index is 444. The zero-order valence-corrected chi connectivity index (χ0v) is 15.7. The van der Waals surface area contributed by atoms with E-state index < -0.39 is 0 Å². The second kappa shape index (κ2) is 13.3. The number of hydrogen-bond acceptors (Lipinski definition) is 5. The molecule has 138 valence electrons. The van der Waals surface area contributed by atoms with Crippen molar-refractivity contribution in [3.05, 3.63) is 36.7 Å². The molecule has 0 fully saturated rings. The molecule has 24 heavy (non-hydrogen) atoms. The number of methoxy groups -OCH3 is 1. The number of amidine groups is 1. The molecule has 0 aliphatic carbocycles. The quantitative estimate of drug-likeness (QED) is 0.273. The smallest absolute Gasteiger partial charge is 0.179 e. The van der Waals surface area contributed by atoms with Crippen molar-refractivity contribution in [1.82, 2.24) is 10.6 Å². The van der Waals surface area contributed by atoms with Crippen LogP contribution in [0.3, 0.4) is 0 Å². The lowest BCUT2D eigenvalue weighted by Gasteiger charge is -2.22. The molecule has 0 aromatic carbocycles. The number of aliphatic imine (C=N–C) groups is 1. The van der Waals surface area contributed by atoms with Gasteiger partial charge in [0.05, 0.1) is 13.7 Å². The van der Waals surface area contributed by atoms with Gasteiger partial charge in [0.25, 0.3) is 0 Å². The summed E-state index contributed by atoms with van der Waals surface area (Å²) < 4.78 is 11.0. The zero-order chi connectivity index (χ0) is 18.4. The van der Waals surface area contributed by atoms with Gasteiger partial charge in [-0.15, -0.1) is 0 Å². The third kappa shape index (κ3) is 9.82. The first-order valence-electron chi connectivity index (χ1n) is 8.54. The van der Waals surface area contributed by atoms with E-state index in [1.165, 1.54) is 0 Å². The average molecular weight is 338 g/mol. The van der Waals surface area contributed by atoms with E-state index in [2.05, 4.69) is 35.7 Å². The SMILES string of the molecule is C=C(N)/N=C(N[C@@H](CCCC)CCOC(=C)NCC)\C(=C/C)OC. The molecule has 0 saturated heterocycles. The minimum absolute atomic E-state index is 0.197. The molecule has 0 saturated carbocycles. The van der Waals surface area contributed by atoms with E-state index in [0.29, 0.717) is 24.1 Å². The molecule has 0 radical (unpaired) electrons. The van der Waals surface area contributed by atoms with Gasteiger partial charge in [0.2, 0.25) is 0 Å². The van der Waals surface area contributed by atoms with Crippen molar-refractivity contribution in [3.8, 4) is 0 Å². The van der Waals surface area contributed by atoms with Crippen molar-refractivity contribution in [2.45, 2.75) is 52.5 Å². The van der Waals surface area contributed by atoms with E-state index in [4.69, 9.17) is 15.2 Å². The summed E-state index contributed by atoms with van der Waals surface area (Å²) in [5.41, 5.74) is 5.64. The van der Waals surface area contributed by atoms with Crippen LogP contribution >= 0.6 is 0 Å². The van der Waals surface area contributed by atoms with E-state index in [0.717, 1.165) is 32.2 Å². The Hall–Kier alpha value is -2.11. The van der Waals surface area contributed by atoms with Gasteiger partial charge in [-0.25, -0.2) is 4.99 Å². The predicted octanol–water partition coefficient (Wildman–Crippen LogP) is 3.00. The maximum absolute atomic E-state index is 5.64. The molecule has 0 unspecified atom stereocenters. The van der Waals surface area contributed by atoms with Gasteiger partial charge in [-0.3, -0.25) is 0 Å². The van der Waals surface area contributed by atoms with Crippen LogP contribution in [0.2, 0.25) is 0 Å². The molecule has 0 aromatic rings. The lowest BCUT2D eigenvalue weighted by atomic mass is 10.1. The molecule has 0 rings (SSSR count). The number of hydrogen-bond donors (Lipinski definition) is 3.